The van der Waals surface area contributed by atoms with E-state index in [2.05, 4.69) is 41.0 Å². The SMILES string of the molecule is COCC(C)NC(=O)c1ccc2c(c1)c1cc3cnccc3c(C)c1n2C. The van der Waals surface area contributed by atoms with E-state index in [4.69, 9.17) is 4.74 Å². The summed E-state index contributed by atoms with van der Waals surface area (Å²) in [6.45, 7) is 4.56. The molecule has 0 saturated heterocycles. The van der Waals surface area contributed by atoms with Gasteiger partial charge < -0.3 is 14.6 Å². The molecule has 0 radical (unpaired) electrons. The number of amides is 1. The molecule has 5 nitrogen and oxygen atoms in total. The van der Waals surface area contributed by atoms with E-state index in [9.17, 15) is 4.79 Å². The zero-order valence-corrected chi connectivity index (χ0v) is 16.0. The number of methoxy groups -OCH3 is 1. The maximum atomic E-state index is 12.6. The predicted octanol–water partition coefficient (Wildman–Crippen LogP) is 3.95. The van der Waals surface area contributed by atoms with Crippen LogP contribution in [-0.4, -0.2) is 35.2 Å². The molecular formula is C22H23N3O2. The number of benzene rings is 2. The Morgan fingerprint density at radius 2 is 2.04 bits per heavy atom. The highest BCUT2D eigenvalue weighted by Gasteiger charge is 2.16. The monoisotopic (exact) mass is 361 g/mol. The van der Waals surface area contributed by atoms with E-state index < -0.39 is 0 Å². The van der Waals surface area contributed by atoms with Gasteiger partial charge >= 0.3 is 0 Å². The number of pyridine rings is 1. The van der Waals surface area contributed by atoms with E-state index >= 15 is 0 Å². The van der Waals surface area contributed by atoms with Crippen LogP contribution in [0.4, 0.5) is 0 Å². The van der Waals surface area contributed by atoms with E-state index in [1.54, 1.807) is 7.11 Å². The summed E-state index contributed by atoms with van der Waals surface area (Å²) in [6.07, 6.45) is 3.72. The summed E-state index contributed by atoms with van der Waals surface area (Å²) < 4.78 is 7.31. The lowest BCUT2D eigenvalue weighted by Gasteiger charge is -2.12. The maximum Gasteiger partial charge on any atom is 0.251 e. The number of aryl methyl sites for hydroxylation is 2. The lowest BCUT2D eigenvalue weighted by molar-refractivity contribution is 0.0905. The third-order valence-corrected chi connectivity index (χ3v) is 5.21. The van der Waals surface area contributed by atoms with Crippen LogP contribution < -0.4 is 5.32 Å². The number of nitrogens with zero attached hydrogens (tertiary/aromatic N) is 2. The average molecular weight is 361 g/mol. The molecule has 5 heteroatoms. The van der Waals surface area contributed by atoms with Crippen LogP contribution in [0.15, 0.2) is 42.7 Å². The van der Waals surface area contributed by atoms with Crippen LogP contribution in [0, 0.1) is 6.92 Å². The van der Waals surface area contributed by atoms with Crippen LogP contribution in [0.2, 0.25) is 0 Å². The van der Waals surface area contributed by atoms with Crippen molar-refractivity contribution < 1.29 is 9.53 Å². The summed E-state index contributed by atoms with van der Waals surface area (Å²) in [7, 11) is 3.71. The summed E-state index contributed by atoms with van der Waals surface area (Å²) in [5, 5.41) is 7.51. The first kappa shape index (κ1) is 17.5. The van der Waals surface area contributed by atoms with Crippen LogP contribution in [0.5, 0.6) is 0 Å². The normalized spacial score (nSPS) is 12.7. The number of nitrogens with one attached hydrogen (secondary N) is 1. The molecule has 0 aliphatic rings. The lowest BCUT2D eigenvalue weighted by atomic mass is 10.0. The van der Waals surface area contributed by atoms with Gasteiger partial charge in [0, 0.05) is 59.8 Å². The Morgan fingerprint density at radius 1 is 1.22 bits per heavy atom. The van der Waals surface area contributed by atoms with Crippen molar-refractivity contribution >= 4 is 38.5 Å². The molecule has 0 bridgehead atoms. The van der Waals surface area contributed by atoms with Gasteiger partial charge in [-0.3, -0.25) is 9.78 Å². The maximum absolute atomic E-state index is 12.6. The largest absolute Gasteiger partial charge is 0.383 e. The van der Waals surface area contributed by atoms with Crippen molar-refractivity contribution in [1.29, 1.82) is 0 Å². The Kier molecular flexibility index (Phi) is 4.32. The molecule has 0 aliphatic carbocycles. The van der Waals surface area contributed by atoms with E-state index in [0.717, 1.165) is 21.7 Å². The number of fused-ring (bicyclic) bond motifs is 4. The quantitative estimate of drug-likeness (QED) is 0.599. The highest BCUT2D eigenvalue weighted by molar-refractivity contribution is 6.15. The number of rotatable bonds is 4. The zero-order valence-electron chi connectivity index (χ0n) is 16.0. The van der Waals surface area contributed by atoms with Crippen LogP contribution in [0.3, 0.4) is 0 Å². The molecule has 1 amide bonds. The van der Waals surface area contributed by atoms with Crippen molar-refractivity contribution in [2.75, 3.05) is 13.7 Å². The smallest absolute Gasteiger partial charge is 0.251 e. The van der Waals surface area contributed by atoms with E-state index in [-0.39, 0.29) is 11.9 Å². The van der Waals surface area contributed by atoms with Crippen LogP contribution in [0.25, 0.3) is 32.6 Å². The topological polar surface area (TPSA) is 56.1 Å². The molecule has 27 heavy (non-hydrogen) atoms. The first-order valence-electron chi connectivity index (χ1n) is 9.06. The number of carbonyl (C=O) groups is 1. The second-order valence-electron chi connectivity index (χ2n) is 7.12. The minimum Gasteiger partial charge on any atom is -0.383 e. The van der Waals surface area contributed by atoms with Crippen molar-refractivity contribution in [3.8, 4) is 0 Å². The van der Waals surface area contributed by atoms with E-state index in [0.29, 0.717) is 12.2 Å². The van der Waals surface area contributed by atoms with Crippen molar-refractivity contribution in [2.24, 2.45) is 7.05 Å². The molecule has 2 heterocycles. The minimum atomic E-state index is -0.0855. The third-order valence-electron chi connectivity index (χ3n) is 5.21. The summed E-state index contributed by atoms with van der Waals surface area (Å²) in [5.41, 5.74) is 4.18. The molecule has 2 aromatic carbocycles. The standard InChI is InChI=1S/C22H23N3O2/c1-13(12-27-4)24-22(26)15-5-6-20-18(9-15)19-10-16-11-23-8-7-17(16)14(2)21(19)25(20)3/h5-11,13H,12H2,1-4H3,(H,24,26). The van der Waals surface area contributed by atoms with E-state index in [1.165, 1.54) is 16.5 Å². The Labute approximate surface area is 157 Å². The van der Waals surface area contributed by atoms with Gasteiger partial charge in [0.25, 0.3) is 5.91 Å². The highest BCUT2D eigenvalue weighted by Crippen LogP contribution is 2.35. The molecule has 138 valence electrons. The summed E-state index contributed by atoms with van der Waals surface area (Å²) in [4.78, 5) is 16.9. The highest BCUT2D eigenvalue weighted by atomic mass is 16.5. The summed E-state index contributed by atoms with van der Waals surface area (Å²) in [6, 6.07) is 10.1. The molecule has 4 rings (SSSR count). The number of hydrogen-bond acceptors (Lipinski definition) is 3. The second kappa shape index (κ2) is 6.67. The van der Waals surface area contributed by atoms with Gasteiger partial charge in [-0.1, -0.05) is 0 Å². The molecule has 2 aromatic heterocycles. The van der Waals surface area contributed by atoms with Gasteiger partial charge in [-0.2, -0.15) is 0 Å². The molecule has 0 aliphatic heterocycles. The molecule has 1 N–H and O–H groups in total. The fourth-order valence-electron chi connectivity index (χ4n) is 3.96. The molecular weight excluding hydrogens is 338 g/mol. The first-order valence-corrected chi connectivity index (χ1v) is 9.06. The van der Waals surface area contributed by atoms with Crippen LogP contribution in [-0.2, 0) is 11.8 Å². The van der Waals surface area contributed by atoms with Gasteiger partial charge in [0.05, 0.1) is 12.1 Å². The number of hydrogen-bond donors (Lipinski definition) is 1. The summed E-state index contributed by atoms with van der Waals surface area (Å²) in [5.74, 6) is -0.0855. The number of ether oxygens (including phenoxy) is 1. The van der Waals surface area contributed by atoms with Gasteiger partial charge in [-0.25, -0.2) is 0 Å². The van der Waals surface area contributed by atoms with E-state index in [1.807, 2.05) is 37.5 Å². The molecule has 0 fully saturated rings. The van der Waals surface area contributed by atoms with Gasteiger partial charge in [-0.05, 0) is 55.1 Å². The minimum absolute atomic E-state index is 0.0389. The van der Waals surface area contributed by atoms with Gasteiger partial charge in [0.2, 0.25) is 0 Å². The lowest BCUT2D eigenvalue weighted by Crippen LogP contribution is -2.35. The van der Waals surface area contributed by atoms with Crippen molar-refractivity contribution in [3.63, 3.8) is 0 Å². The third kappa shape index (κ3) is 2.84. The molecule has 0 saturated carbocycles. The number of aromatic nitrogens is 2. The Morgan fingerprint density at radius 3 is 2.81 bits per heavy atom. The van der Waals surface area contributed by atoms with Gasteiger partial charge in [0.15, 0.2) is 0 Å². The Hall–Kier alpha value is -2.92. The molecule has 0 spiro atoms. The molecule has 1 atom stereocenters. The van der Waals surface area contributed by atoms with Crippen molar-refractivity contribution in [3.05, 3.63) is 53.9 Å². The Balaban J connectivity index is 1.90. The van der Waals surface area contributed by atoms with Gasteiger partial charge in [0.1, 0.15) is 0 Å². The molecule has 4 aromatic rings. The summed E-state index contributed by atoms with van der Waals surface area (Å²) >= 11 is 0. The average Bonchev–Trinajstić information content (AvgIpc) is 2.94. The van der Waals surface area contributed by atoms with Crippen LogP contribution >= 0.6 is 0 Å². The second-order valence-corrected chi connectivity index (χ2v) is 7.12. The van der Waals surface area contributed by atoms with Crippen LogP contribution in [0.1, 0.15) is 22.8 Å². The Bertz CT molecular complexity index is 1180. The fraction of sp³-hybridized carbons (Fsp3) is 0.273. The predicted molar refractivity (Wildman–Crippen MR) is 109 cm³/mol. The first-order chi connectivity index (χ1) is 13.0. The molecule has 1 unspecified atom stereocenters. The number of carbonyl (C=O) groups excluding carboxylic acids is 1. The zero-order chi connectivity index (χ0) is 19.1. The van der Waals surface area contributed by atoms with Crippen molar-refractivity contribution in [2.45, 2.75) is 19.9 Å². The van der Waals surface area contributed by atoms with Crippen molar-refractivity contribution in [1.82, 2.24) is 14.9 Å². The fourth-order valence-corrected chi connectivity index (χ4v) is 3.96. The van der Waals surface area contributed by atoms with Gasteiger partial charge in [-0.15, -0.1) is 0 Å².